The summed E-state index contributed by atoms with van der Waals surface area (Å²) in [4.78, 5) is 0. The van der Waals surface area contributed by atoms with E-state index in [-0.39, 0.29) is 10.8 Å². The second kappa shape index (κ2) is 5.36. The molecular weight excluding hydrogens is 256 g/mol. The number of hydrogen-bond acceptors (Lipinski definition) is 1. The van der Waals surface area contributed by atoms with Gasteiger partial charge in [-0.3, -0.25) is 0 Å². The molecule has 0 heterocycles. The predicted octanol–water partition coefficient (Wildman–Crippen LogP) is 4.54. The molecule has 2 aromatic rings. The molecule has 0 atom stereocenters. The van der Waals surface area contributed by atoms with Crippen LogP contribution < -0.4 is 5.32 Å². The third-order valence-electron chi connectivity index (χ3n) is 2.59. The van der Waals surface area contributed by atoms with Gasteiger partial charge in [-0.15, -0.1) is 0 Å². The van der Waals surface area contributed by atoms with Gasteiger partial charge in [-0.25, -0.2) is 8.78 Å². The van der Waals surface area contributed by atoms with Crippen LogP contribution in [0.15, 0.2) is 36.4 Å². The molecule has 18 heavy (non-hydrogen) atoms. The van der Waals surface area contributed by atoms with Gasteiger partial charge in [-0.05, 0) is 42.3 Å². The maximum Gasteiger partial charge on any atom is 0.146 e. The van der Waals surface area contributed by atoms with Crippen LogP contribution in [0.4, 0.5) is 14.5 Å². The number of nitrogens with one attached hydrogen (secondary N) is 1. The van der Waals surface area contributed by atoms with Gasteiger partial charge in [0.2, 0.25) is 0 Å². The molecular formula is C14H12ClF2N. The Morgan fingerprint density at radius 3 is 2.50 bits per heavy atom. The van der Waals surface area contributed by atoms with Crippen molar-refractivity contribution >= 4 is 17.3 Å². The van der Waals surface area contributed by atoms with Gasteiger partial charge in [0.1, 0.15) is 11.6 Å². The summed E-state index contributed by atoms with van der Waals surface area (Å²) >= 11 is 5.68. The van der Waals surface area contributed by atoms with E-state index < -0.39 is 5.82 Å². The van der Waals surface area contributed by atoms with E-state index in [1.807, 2.05) is 6.92 Å². The summed E-state index contributed by atoms with van der Waals surface area (Å²) in [6.07, 6.45) is 0. The van der Waals surface area contributed by atoms with Crippen molar-refractivity contribution in [2.45, 2.75) is 13.5 Å². The molecule has 0 fully saturated rings. The van der Waals surface area contributed by atoms with Crippen LogP contribution in [0.25, 0.3) is 0 Å². The fourth-order valence-electron chi connectivity index (χ4n) is 1.62. The predicted molar refractivity (Wildman–Crippen MR) is 69.9 cm³/mol. The summed E-state index contributed by atoms with van der Waals surface area (Å²) in [7, 11) is 0. The number of hydrogen-bond donors (Lipinski definition) is 1. The van der Waals surface area contributed by atoms with Crippen LogP contribution in [-0.4, -0.2) is 0 Å². The van der Waals surface area contributed by atoms with E-state index >= 15 is 0 Å². The van der Waals surface area contributed by atoms with Gasteiger partial charge < -0.3 is 5.32 Å². The van der Waals surface area contributed by atoms with Gasteiger partial charge in [0.05, 0.1) is 10.7 Å². The van der Waals surface area contributed by atoms with Crippen LogP contribution in [0.5, 0.6) is 0 Å². The molecule has 4 heteroatoms. The Balaban J connectivity index is 2.11. The Bertz CT molecular complexity index is 570. The van der Waals surface area contributed by atoms with Crippen LogP contribution in [0, 0.1) is 18.6 Å². The second-order valence-electron chi connectivity index (χ2n) is 4.09. The lowest BCUT2D eigenvalue weighted by molar-refractivity contribution is 0.626. The van der Waals surface area contributed by atoms with E-state index in [0.29, 0.717) is 12.2 Å². The topological polar surface area (TPSA) is 12.0 Å². The maximum atomic E-state index is 13.5. The minimum atomic E-state index is -0.456. The number of rotatable bonds is 3. The molecule has 0 aliphatic carbocycles. The summed E-state index contributed by atoms with van der Waals surface area (Å²) < 4.78 is 26.4. The Kier molecular flexibility index (Phi) is 3.82. The standard InChI is InChI=1S/C14H12ClF2N/c1-9-2-4-13(17)14(6-9)18-8-10-3-5-12(16)11(15)7-10/h2-7,18H,8H2,1H3. The highest BCUT2D eigenvalue weighted by Gasteiger charge is 2.04. The first kappa shape index (κ1) is 12.8. The molecule has 94 valence electrons. The first-order valence-electron chi connectivity index (χ1n) is 5.50. The van der Waals surface area contributed by atoms with Crippen molar-refractivity contribution in [1.82, 2.24) is 0 Å². The van der Waals surface area contributed by atoms with Crippen LogP contribution in [-0.2, 0) is 6.54 Å². The van der Waals surface area contributed by atoms with Crippen molar-refractivity contribution in [1.29, 1.82) is 0 Å². The van der Waals surface area contributed by atoms with Gasteiger partial charge in [0.25, 0.3) is 0 Å². The van der Waals surface area contributed by atoms with E-state index in [0.717, 1.165) is 11.1 Å². The molecule has 0 radical (unpaired) electrons. The minimum absolute atomic E-state index is 0.0685. The molecule has 0 bridgehead atoms. The molecule has 2 aromatic carbocycles. The molecule has 0 unspecified atom stereocenters. The van der Waals surface area contributed by atoms with Crippen LogP contribution in [0.3, 0.4) is 0 Å². The van der Waals surface area contributed by atoms with E-state index in [1.54, 1.807) is 18.2 Å². The number of halogens is 3. The maximum absolute atomic E-state index is 13.5. The minimum Gasteiger partial charge on any atom is -0.379 e. The smallest absolute Gasteiger partial charge is 0.146 e. The number of aryl methyl sites for hydroxylation is 1. The van der Waals surface area contributed by atoms with Gasteiger partial charge in [-0.1, -0.05) is 23.7 Å². The number of benzene rings is 2. The largest absolute Gasteiger partial charge is 0.379 e. The van der Waals surface area contributed by atoms with E-state index in [4.69, 9.17) is 11.6 Å². The number of anilines is 1. The molecule has 1 N–H and O–H groups in total. The molecule has 0 saturated heterocycles. The lowest BCUT2D eigenvalue weighted by Crippen LogP contribution is -2.02. The third kappa shape index (κ3) is 2.99. The van der Waals surface area contributed by atoms with E-state index in [2.05, 4.69) is 5.32 Å². The molecule has 0 saturated carbocycles. The second-order valence-corrected chi connectivity index (χ2v) is 4.49. The first-order valence-corrected chi connectivity index (χ1v) is 5.88. The lowest BCUT2D eigenvalue weighted by Gasteiger charge is -2.09. The zero-order chi connectivity index (χ0) is 13.1. The average molecular weight is 268 g/mol. The van der Waals surface area contributed by atoms with Gasteiger partial charge >= 0.3 is 0 Å². The Morgan fingerprint density at radius 1 is 1.06 bits per heavy atom. The zero-order valence-corrected chi connectivity index (χ0v) is 10.6. The Morgan fingerprint density at radius 2 is 1.78 bits per heavy atom. The van der Waals surface area contributed by atoms with E-state index in [9.17, 15) is 8.78 Å². The van der Waals surface area contributed by atoms with E-state index in [1.165, 1.54) is 18.2 Å². The average Bonchev–Trinajstić information content (AvgIpc) is 2.34. The van der Waals surface area contributed by atoms with Gasteiger partial charge in [0, 0.05) is 6.54 Å². The summed E-state index contributed by atoms with van der Waals surface area (Å²) in [5.41, 5.74) is 2.19. The highest BCUT2D eigenvalue weighted by atomic mass is 35.5. The van der Waals surface area contributed by atoms with Crippen molar-refractivity contribution in [3.05, 3.63) is 64.2 Å². The third-order valence-corrected chi connectivity index (χ3v) is 2.88. The molecule has 0 spiro atoms. The first-order chi connectivity index (χ1) is 8.56. The summed E-state index contributed by atoms with van der Waals surface area (Å²) in [6.45, 7) is 2.28. The zero-order valence-electron chi connectivity index (χ0n) is 9.81. The van der Waals surface area contributed by atoms with Gasteiger partial charge in [0.15, 0.2) is 0 Å². The van der Waals surface area contributed by atoms with Crippen LogP contribution in [0.2, 0.25) is 5.02 Å². The SMILES string of the molecule is Cc1ccc(F)c(NCc2ccc(F)c(Cl)c2)c1. The fourth-order valence-corrected chi connectivity index (χ4v) is 1.82. The van der Waals surface area contributed by atoms with Crippen LogP contribution in [0.1, 0.15) is 11.1 Å². The lowest BCUT2D eigenvalue weighted by atomic mass is 10.2. The monoisotopic (exact) mass is 267 g/mol. The fraction of sp³-hybridized carbons (Fsp3) is 0.143. The molecule has 1 nitrogen and oxygen atoms in total. The van der Waals surface area contributed by atoms with Crippen LogP contribution >= 0.6 is 11.6 Å². The van der Waals surface area contributed by atoms with Crippen molar-refractivity contribution < 1.29 is 8.78 Å². The Labute approximate surface area is 109 Å². The van der Waals surface area contributed by atoms with Crippen molar-refractivity contribution in [3.63, 3.8) is 0 Å². The van der Waals surface area contributed by atoms with Crippen molar-refractivity contribution in [3.8, 4) is 0 Å². The normalized spacial score (nSPS) is 10.4. The summed E-state index contributed by atoms with van der Waals surface area (Å²) in [5.74, 6) is -0.768. The molecule has 0 aliphatic rings. The van der Waals surface area contributed by atoms with Crippen molar-refractivity contribution in [2.24, 2.45) is 0 Å². The Hall–Kier alpha value is -1.61. The molecule has 0 amide bonds. The summed E-state index contributed by atoms with van der Waals surface area (Å²) in [5, 5.41) is 3.03. The highest BCUT2D eigenvalue weighted by Crippen LogP contribution is 2.19. The summed E-state index contributed by atoms with van der Waals surface area (Å²) in [6, 6.07) is 9.27. The van der Waals surface area contributed by atoms with Crippen molar-refractivity contribution in [2.75, 3.05) is 5.32 Å². The molecule has 2 rings (SSSR count). The quantitative estimate of drug-likeness (QED) is 0.861. The van der Waals surface area contributed by atoms with Gasteiger partial charge in [-0.2, -0.15) is 0 Å². The molecule has 0 aromatic heterocycles. The molecule has 0 aliphatic heterocycles. The highest BCUT2D eigenvalue weighted by molar-refractivity contribution is 6.30.